The fourth-order valence-electron chi connectivity index (χ4n) is 1.89. The number of hydrazone groups is 1. The first kappa shape index (κ1) is 15.1. The zero-order valence-corrected chi connectivity index (χ0v) is 11.3. The highest BCUT2D eigenvalue weighted by atomic mass is 19.3. The molecule has 8 nitrogen and oxygen atoms in total. The van der Waals surface area contributed by atoms with Crippen molar-refractivity contribution in [1.82, 2.24) is 14.1 Å². The van der Waals surface area contributed by atoms with Crippen LogP contribution in [0.4, 0.5) is 14.5 Å². The molecular formula is C12H9F2N7O. The monoisotopic (exact) mass is 305 g/mol. The normalized spacial score (nSPS) is 10.3. The van der Waals surface area contributed by atoms with Gasteiger partial charge in [0.1, 0.15) is 12.1 Å². The molecule has 0 saturated heterocycles. The van der Waals surface area contributed by atoms with Gasteiger partial charge in [-0.25, -0.2) is 14.3 Å². The summed E-state index contributed by atoms with van der Waals surface area (Å²) in [5.41, 5.74) is 1.27. The lowest BCUT2D eigenvalue weighted by Gasteiger charge is -2.02. The summed E-state index contributed by atoms with van der Waals surface area (Å²) < 4.78 is 27.5. The van der Waals surface area contributed by atoms with Gasteiger partial charge in [0.2, 0.25) is 5.71 Å². The van der Waals surface area contributed by atoms with Crippen LogP contribution in [0, 0.1) is 22.7 Å². The molecule has 0 aliphatic carbocycles. The number of halogens is 2. The number of nitrogens with one attached hydrogen (secondary N) is 1. The van der Waals surface area contributed by atoms with E-state index in [0.29, 0.717) is 4.57 Å². The van der Waals surface area contributed by atoms with Crippen molar-refractivity contribution in [2.75, 3.05) is 5.43 Å². The van der Waals surface area contributed by atoms with Crippen LogP contribution in [0.15, 0.2) is 22.2 Å². The number of aryl methyl sites for hydroxylation is 1. The van der Waals surface area contributed by atoms with Gasteiger partial charge in [-0.3, -0.25) is 9.99 Å². The van der Waals surface area contributed by atoms with E-state index in [2.05, 4.69) is 15.5 Å². The van der Waals surface area contributed by atoms with Crippen molar-refractivity contribution in [2.24, 2.45) is 5.10 Å². The minimum atomic E-state index is -3.02. The third-order valence-electron chi connectivity index (χ3n) is 2.82. The van der Waals surface area contributed by atoms with Crippen LogP contribution in [0.2, 0.25) is 0 Å². The highest BCUT2D eigenvalue weighted by Gasteiger charge is 2.19. The smallest absolute Gasteiger partial charge is 0.276 e. The fourth-order valence-corrected chi connectivity index (χ4v) is 1.89. The van der Waals surface area contributed by atoms with Crippen LogP contribution in [-0.4, -0.2) is 19.8 Å². The van der Waals surface area contributed by atoms with Gasteiger partial charge < -0.3 is 0 Å². The van der Waals surface area contributed by atoms with Crippen molar-refractivity contribution >= 4 is 22.6 Å². The first-order valence-corrected chi connectivity index (χ1v) is 6.06. The van der Waals surface area contributed by atoms with E-state index in [4.69, 9.17) is 10.5 Å². The molecule has 0 fully saturated rings. The number of nitrogens with zero attached hydrogens (tertiary/aromatic N) is 6. The maximum atomic E-state index is 13.1. The first-order valence-electron chi connectivity index (χ1n) is 6.06. The summed E-state index contributed by atoms with van der Waals surface area (Å²) in [4.78, 5) is 15.9. The standard InChI is InChI=1S/C12H9F2N7O/c1-2-20-10-9(21(11(13)14)12(20)22)3-7(6-17-10)18-19-8(4-15)5-16/h3,6,11,18H,2H2,1H3. The van der Waals surface area contributed by atoms with Gasteiger partial charge in [-0.05, 0) is 13.0 Å². The molecule has 2 rings (SSSR count). The van der Waals surface area contributed by atoms with Gasteiger partial charge in [0.05, 0.1) is 17.4 Å². The number of fused-ring (bicyclic) bond motifs is 1. The van der Waals surface area contributed by atoms with E-state index in [9.17, 15) is 13.6 Å². The Morgan fingerprint density at radius 1 is 1.50 bits per heavy atom. The maximum Gasteiger partial charge on any atom is 0.334 e. The fraction of sp³-hybridized carbons (Fsp3) is 0.250. The highest BCUT2D eigenvalue weighted by Crippen LogP contribution is 2.20. The Balaban J connectivity index is 2.58. The van der Waals surface area contributed by atoms with Crippen molar-refractivity contribution in [2.45, 2.75) is 20.0 Å². The largest absolute Gasteiger partial charge is 0.334 e. The average molecular weight is 305 g/mol. The van der Waals surface area contributed by atoms with Gasteiger partial charge in [-0.2, -0.15) is 24.4 Å². The van der Waals surface area contributed by atoms with Crippen molar-refractivity contribution in [1.29, 1.82) is 10.5 Å². The van der Waals surface area contributed by atoms with Gasteiger partial charge in [0, 0.05) is 6.54 Å². The minimum Gasteiger partial charge on any atom is -0.276 e. The van der Waals surface area contributed by atoms with Crippen molar-refractivity contribution in [3.8, 4) is 12.1 Å². The van der Waals surface area contributed by atoms with Gasteiger partial charge in [0.25, 0.3) is 0 Å². The zero-order valence-electron chi connectivity index (χ0n) is 11.3. The van der Waals surface area contributed by atoms with Gasteiger partial charge in [-0.1, -0.05) is 0 Å². The molecule has 0 atom stereocenters. The lowest BCUT2D eigenvalue weighted by atomic mass is 10.4. The zero-order chi connectivity index (χ0) is 16.3. The average Bonchev–Trinajstić information content (AvgIpc) is 2.78. The molecule has 2 aromatic heterocycles. The summed E-state index contributed by atoms with van der Waals surface area (Å²) in [6.45, 7) is -1.18. The molecule has 112 valence electrons. The lowest BCUT2D eigenvalue weighted by molar-refractivity contribution is 0.0703. The van der Waals surface area contributed by atoms with Crippen LogP contribution in [-0.2, 0) is 6.54 Å². The third-order valence-corrected chi connectivity index (χ3v) is 2.82. The number of alkyl halides is 2. The highest BCUT2D eigenvalue weighted by molar-refractivity contribution is 6.10. The molecule has 0 radical (unpaired) electrons. The topological polar surface area (TPSA) is 112 Å². The van der Waals surface area contributed by atoms with Gasteiger partial charge >= 0.3 is 12.2 Å². The summed E-state index contributed by atoms with van der Waals surface area (Å²) in [5.74, 6) is 0. The number of imidazole rings is 1. The molecule has 2 heterocycles. The Morgan fingerprint density at radius 3 is 2.73 bits per heavy atom. The SMILES string of the molecule is CCn1c(=O)n(C(F)F)c2cc(NN=C(C#N)C#N)cnc21. The predicted octanol–water partition coefficient (Wildman–Crippen LogP) is 1.43. The van der Waals surface area contributed by atoms with E-state index >= 15 is 0 Å². The first-order chi connectivity index (χ1) is 10.5. The predicted molar refractivity (Wildman–Crippen MR) is 73.2 cm³/mol. The summed E-state index contributed by atoms with van der Waals surface area (Å²) in [5, 5.41) is 20.6. The number of aromatic nitrogens is 3. The molecule has 0 bridgehead atoms. The molecule has 0 saturated carbocycles. The Labute approximate surface area is 122 Å². The van der Waals surface area contributed by atoms with Crippen molar-refractivity contribution in [3.63, 3.8) is 0 Å². The minimum absolute atomic E-state index is 0.0717. The summed E-state index contributed by atoms with van der Waals surface area (Å²) >= 11 is 0. The number of nitriles is 2. The number of hydrogen-bond donors (Lipinski definition) is 1. The van der Waals surface area contributed by atoms with Gasteiger partial charge in [-0.15, -0.1) is 0 Å². The molecule has 0 spiro atoms. The van der Waals surface area contributed by atoms with E-state index in [-0.39, 0.29) is 23.4 Å². The van der Waals surface area contributed by atoms with Crippen LogP contribution >= 0.6 is 0 Å². The number of anilines is 1. The second kappa shape index (κ2) is 6.01. The van der Waals surface area contributed by atoms with Crippen molar-refractivity contribution < 1.29 is 8.78 Å². The Bertz CT molecular complexity index is 866. The molecule has 0 aromatic carbocycles. The molecule has 22 heavy (non-hydrogen) atoms. The van der Waals surface area contributed by atoms with E-state index in [1.807, 2.05) is 0 Å². The second-order valence-corrected chi connectivity index (χ2v) is 4.04. The van der Waals surface area contributed by atoms with Crippen LogP contribution in [0.1, 0.15) is 13.5 Å². The lowest BCUT2D eigenvalue weighted by Crippen LogP contribution is -2.24. The van der Waals surface area contributed by atoms with Crippen molar-refractivity contribution in [3.05, 3.63) is 22.7 Å². The van der Waals surface area contributed by atoms with Crippen LogP contribution in [0.3, 0.4) is 0 Å². The van der Waals surface area contributed by atoms with Gasteiger partial charge in [0.15, 0.2) is 5.65 Å². The molecule has 1 N–H and O–H groups in total. The molecule has 10 heteroatoms. The number of hydrogen-bond acceptors (Lipinski definition) is 6. The van der Waals surface area contributed by atoms with E-state index in [1.54, 1.807) is 6.92 Å². The quantitative estimate of drug-likeness (QED) is 0.678. The summed E-state index contributed by atoms with van der Waals surface area (Å²) in [6, 6.07) is 4.32. The molecule has 0 unspecified atom stereocenters. The second-order valence-electron chi connectivity index (χ2n) is 4.04. The molecule has 0 amide bonds. The Morgan fingerprint density at radius 2 is 2.18 bits per heavy atom. The number of pyridine rings is 1. The molecule has 0 aliphatic rings. The van der Waals surface area contributed by atoms with E-state index < -0.39 is 18.0 Å². The molecule has 0 aliphatic heterocycles. The van der Waals surface area contributed by atoms with Crippen LogP contribution in [0.5, 0.6) is 0 Å². The van der Waals surface area contributed by atoms with Crippen LogP contribution in [0.25, 0.3) is 11.2 Å². The summed E-state index contributed by atoms with van der Waals surface area (Å²) in [7, 11) is 0. The number of rotatable bonds is 4. The molecular weight excluding hydrogens is 296 g/mol. The Kier molecular flexibility index (Phi) is 4.13. The van der Waals surface area contributed by atoms with Crippen LogP contribution < -0.4 is 11.1 Å². The van der Waals surface area contributed by atoms with E-state index in [0.717, 1.165) is 4.57 Å². The molecule has 2 aromatic rings. The third kappa shape index (κ3) is 2.50. The summed E-state index contributed by atoms with van der Waals surface area (Å²) in [6.07, 6.45) is 1.26. The van der Waals surface area contributed by atoms with E-state index in [1.165, 1.54) is 24.4 Å². The Hall–Kier alpha value is -3.27. The maximum absolute atomic E-state index is 13.1.